The molecule has 1 aromatic heterocycles. The highest BCUT2D eigenvalue weighted by Gasteiger charge is 2.24. The van der Waals surface area contributed by atoms with Crippen molar-refractivity contribution in [3.63, 3.8) is 0 Å². The number of aromatic nitrogens is 1. The molecule has 0 aliphatic carbocycles. The molecule has 1 aliphatic rings. The van der Waals surface area contributed by atoms with Crippen LogP contribution in [0.5, 0.6) is 5.75 Å². The third-order valence-corrected chi connectivity index (χ3v) is 5.06. The summed E-state index contributed by atoms with van der Waals surface area (Å²) in [7, 11) is 1.63. The van der Waals surface area contributed by atoms with Gasteiger partial charge in [0.1, 0.15) is 10.6 Å². The lowest BCUT2D eigenvalue weighted by atomic mass is 10.1. The maximum atomic E-state index is 12.4. The molecule has 6 nitrogen and oxygen atoms in total. The van der Waals surface area contributed by atoms with Gasteiger partial charge in [-0.3, -0.25) is 9.59 Å². The maximum Gasteiger partial charge on any atom is 0.263 e. The van der Waals surface area contributed by atoms with E-state index in [1.54, 1.807) is 19.4 Å². The molecule has 132 valence electrons. The SMILES string of the molecule is COc1cccc(CN2CCC(NC(=O)c3ccns3)CCC2=O)c1. The number of methoxy groups -OCH3 is 1. The van der Waals surface area contributed by atoms with Gasteiger partial charge >= 0.3 is 0 Å². The van der Waals surface area contributed by atoms with Crippen LogP contribution in [0.15, 0.2) is 36.5 Å². The van der Waals surface area contributed by atoms with Gasteiger partial charge in [-0.1, -0.05) is 12.1 Å². The number of rotatable bonds is 5. The molecule has 1 unspecified atom stereocenters. The van der Waals surface area contributed by atoms with E-state index < -0.39 is 0 Å². The molecule has 2 aromatic rings. The molecule has 25 heavy (non-hydrogen) atoms. The van der Waals surface area contributed by atoms with Crippen molar-refractivity contribution < 1.29 is 14.3 Å². The molecule has 0 saturated carbocycles. The molecule has 7 heteroatoms. The second kappa shape index (κ2) is 8.11. The zero-order valence-electron chi connectivity index (χ0n) is 14.1. The van der Waals surface area contributed by atoms with Gasteiger partial charge in [0, 0.05) is 31.7 Å². The normalized spacial score (nSPS) is 17.9. The topological polar surface area (TPSA) is 71.5 Å². The van der Waals surface area contributed by atoms with Gasteiger partial charge in [0.25, 0.3) is 5.91 Å². The van der Waals surface area contributed by atoms with Gasteiger partial charge in [-0.25, -0.2) is 4.37 Å². The van der Waals surface area contributed by atoms with Crippen LogP contribution in [-0.2, 0) is 11.3 Å². The minimum absolute atomic E-state index is 0.00820. The number of hydrogen-bond donors (Lipinski definition) is 1. The van der Waals surface area contributed by atoms with Gasteiger partial charge in [-0.2, -0.15) is 0 Å². The first-order chi connectivity index (χ1) is 12.2. The van der Waals surface area contributed by atoms with Crippen LogP contribution in [0.2, 0.25) is 0 Å². The minimum Gasteiger partial charge on any atom is -0.497 e. The van der Waals surface area contributed by atoms with Crippen molar-refractivity contribution in [3.8, 4) is 5.75 Å². The standard InChI is InChI=1S/C18H21N3O3S/c1-24-15-4-2-3-13(11-15)12-21-10-8-14(5-6-17(21)22)20-18(23)16-7-9-19-25-16/h2-4,7,9,11,14H,5-6,8,10,12H2,1H3,(H,20,23). The van der Waals surface area contributed by atoms with Crippen LogP contribution in [0.4, 0.5) is 0 Å². The van der Waals surface area contributed by atoms with E-state index in [1.165, 1.54) is 11.5 Å². The maximum absolute atomic E-state index is 12.4. The third kappa shape index (κ3) is 4.57. The summed E-state index contributed by atoms with van der Waals surface area (Å²) in [6.45, 7) is 1.19. The summed E-state index contributed by atoms with van der Waals surface area (Å²) in [6, 6.07) is 9.46. The van der Waals surface area contributed by atoms with E-state index in [4.69, 9.17) is 4.74 Å². The van der Waals surface area contributed by atoms with Gasteiger partial charge in [-0.15, -0.1) is 0 Å². The third-order valence-electron chi connectivity index (χ3n) is 4.31. The predicted molar refractivity (Wildman–Crippen MR) is 95.6 cm³/mol. The number of likely N-dealkylation sites (tertiary alicyclic amines) is 1. The average molecular weight is 359 g/mol. The fourth-order valence-electron chi connectivity index (χ4n) is 2.93. The molecule has 1 aromatic carbocycles. The summed E-state index contributed by atoms with van der Waals surface area (Å²) >= 11 is 1.18. The zero-order chi connectivity index (χ0) is 17.6. The second-order valence-corrected chi connectivity index (χ2v) is 6.87. The fraction of sp³-hybridized carbons (Fsp3) is 0.389. The zero-order valence-corrected chi connectivity index (χ0v) is 14.9. The van der Waals surface area contributed by atoms with Crippen molar-refractivity contribution >= 4 is 23.3 Å². The summed E-state index contributed by atoms with van der Waals surface area (Å²) in [4.78, 5) is 27.0. The lowest BCUT2D eigenvalue weighted by molar-refractivity contribution is -0.131. The van der Waals surface area contributed by atoms with E-state index in [9.17, 15) is 9.59 Å². The largest absolute Gasteiger partial charge is 0.497 e. The molecule has 2 amide bonds. The smallest absolute Gasteiger partial charge is 0.263 e. The first-order valence-electron chi connectivity index (χ1n) is 8.28. The lowest BCUT2D eigenvalue weighted by Gasteiger charge is -2.21. The molecule has 3 rings (SSSR count). The van der Waals surface area contributed by atoms with Gasteiger partial charge in [-0.05, 0) is 48.1 Å². The number of ether oxygens (including phenoxy) is 1. The van der Waals surface area contributed by atoms with E-state index in [2.05, 4.69) is 9.69 Å². The number of amides is 2. The number of nitrogens with zero attached hydrogens (tertiary/aromatic N) is 2. The number of hydrogen-bond acceptors (Lipinski definition) is 5. The van der Waals surface area contributed by atoms with Gasteiger partial charge < -0.3 is 15.0 Å². The van der Waals surface area contributed by atoms with Crippen LogP contribution in [-0.4, -0.2) is 40.8 Å². The van der Waals surface area contributed by atoms with Crippen molar-refractivity contribution in [1.82, 2.24) is 14.6 Å². The highest BCUT2D eigenvalue weighted by molar-refractivity contribution is 7.08. The van der Waals surface area contributed by atoms with E-state index in [0.29, 0.717) is 30.8 Å². The molecule has 1 aliphatic heterocycles. The van der Waals surface area contributed by atoms with Crippen molar-refractivity contribution in [3.05, 3.63) is 47.0 Å². The Kier molecular flexibility index (Phi) is 5.65. The lowest BCUT2D eigenvalue weighted by Crippen LogP contribution is -2.35. The van der Waals surface area contributed by atoms with E-state index in [1.807, 2.05) is 29.2 Å². The molecular formula is C18H21N3O3S. The molecule has 1 saturated heterocycles. The average Bonchev–Trinajstić information content (AvgIpc) is 3.12. The van der Waals surface area contributed by atoms with Crippen LogP contribution in [0, 0.1) is 0 Å². The second-order valence-electron chi connectivity index (χ2n) is 6.04. The summed E-state index contributed by atoms with van der Waals surface area (Å²) in [6.07, 6.45) is 3.47. The van der Waals surface area contributed by atoms with Crippen LogP contribution in [0.3, 0.4) is 0 Å². The molecule has 1 N–H and O–H groups in total. The first-order valence-corrected chi connectivity index (χ1v) is 9.05. The molecule has 0 bridgehead atoms. The number of carbonyl (C=O) groups excluding carboxylic acids is 2. The highest BCUT2D eigenvalue weighted by atomic mass is 32.1. The summed E-state index contributed by atoms with van der Waals surface area (Å²) < 4.78 is 9.18. The van der Waals surface area contributed by atoms with Crippen LogP contribution in [0.1, 0.15) is 34.5 Å². The van der Waals surface area contributed by atoms with Crippen LogP contribution in [0.25, 0.3) is 0 Å². The quantitative estimate of drug-likeness (QED) is 0.890. The van der Waals surface area contributed by atoms with Gasteiger partial charge in [0.05, 0.1) is 7.11 Å². The molecule has 1 atom stereocenters. The van der Waals surface area contributed by atoms with Crippen molar-refractivity contribution in [1.29, 1.82) is 0 Å². The van der Waals surface area contributed by atoms with E-state index in [-0.39, 0.29) is 17.9 Å². The number of nitrogens with one attached hydrogen (secondary N) is 1. The Balaban J connectivity index is 1.59. The minimum atomic E-state index is -0.110. The predicted octanol–water partition coefficient (Wildman–Crippen LogP) is 2.46. The summed E-state index contributed by atoms with van der Waals surface area (Å²) in [5.41, 5.74) is 1.04. The molecule has 0 radical (unpaired) electrons. The van der Waals surface area contributed by atoms with E-state index in [0.717, 1.165) is 17.7 Å². The molecular weight excluding hydrogens is 338 g/mol. The number of benzene rings is 1. The van der Waals surface area contributed by atoms with E-state index >= 15 is 0 Å². The summed E-state index contributed by atoms with van der Waals surface area (Å²) in [5, 5.41) is 3.02. The molecule has 0 spiro atoms. The summed E-state index contributed by atoms with van der Waals surface area (Å²) in [5.74, 6) is 0.799. The first kappa shape index (κ1) is 17.4. The van der Waals surface area contributed by atoms with Crippen LogP contribution >= 0.6 is 11.5 Å². The monoisotopic (exact) mass is 359 g/mol. The van der Waals surface area contributed by atoms with Crippen molar-refractivity contribution in [2.24, 2.45) is 0 Å². The Bertz CT molecular complexity index is 733. The van der Waals surface area contributed by atoms with Gasteiger partial charge in [0.2, 0.25) is 5.91 Å². The number of carbonyl (C=O) groups is 2. The van der Waals surface area contributed by atoms with Crippen molar-refractivity contribution in [2.75, 3.05) is 13.7 Å². The Hall–Kier alpha value is -2.41. The van der Waals surface area contributed by atoms with Crippen molar-refractivity contribution in [2.45, 2.75) is 31.8 Å². The Morgan fingerprint density at radius 2 is 2.28 bits per heavy atom. The van der Waals surface area contributed by atoms with Crippen LogP contribution < -0.4 is 10.1 Å². The Morgan fingerprint density at radius 3 is 3.04 bits per heavy atom. The Morgan fingerprint density at radius 1 is 1.40 bits per heavy atom. The highest BCUT2D eigenvalue weighted by Crippen LogP contribution is 2.19. The molecule has 2 heterocycles. The molecule has 1 fully saturated rings. The Labute approximate surface area is 151 Å². The fourth-order valence-corrected chi connectivity index (χ4v) is 3.43. The van der Waals surface area contributed by atoms with Gasteiger partial charge in [0.15, 0.2) is 0 Å².